The van der Waals surface area contributed by atoms with E-state index >= 15 is 0 Å². The van der Waals surface area contributed by atoms with Crippen LogP contribution in [-0.4, -0.2) is 30.9 Å². The normalized spacial score (nSPS) is 21.0. The van der Waals surface area contributed by atoms with Crippen molar-refractivity contribution in [3.8, 4) is 0 Å². The van der Waals surface area contributed by atoms with E-state index in [-0.39, 0.29) is 23.3 Å². The van der Waals surface area contributed by atoms with Gasteiger partial charge in [-0.05, 0) is 32.1 Å². The van der Waals surface area contributed by atoms with E-state index < -0.39 is 0 Å². The molecule has 0 spiro atoms. The summed E-state index contributed by atoms with van der Waals surface area (Å²) in [6.07, 6.45) is 0.844. The molecule has 0 saturated carbocycles. The molecule has 2 rings (SSSR count). The molecule has 1 amide bonds. The highest BCUT2D eigenvalue weighted by Crippen LogP contribution is 2.18. The summed E-state index contributed by atoms with van der Waals surface area (Å²) < 4.78 is 13.3. The monoisotopic (exact) mass is 222 g/mol. The van der Waals surface area contributed by atoms with Gasteiger partial charge < -0.3 is 10.2 Å². The lowest BCUT2D eigenvalue weighted by Gasteiger charge is -2.11. The molecule has 86 valence electrons. The maximum Gasteiger partial charge on any atom is 0.228 e. The largest absolute Gasteiger partial charge is 0.323 e. The van der Waals surface area contributed by atoms with Gasteiger partial charge in [0.05, 0.1) is 11.6 Å². The SMILES string of the molecule is CN1CCC(C(=O)Nc2ccccc2F)C1. The number of hydrogen-bond acceptors (Lipinski definition) is 2. The standard InChI is InChI=1S/C12H15FN2O/c1-15-7-6-9(8-15)12(16)14-11-5-3-2-4-10(11)13/h2-5,9H,6-8H2,1H3,(H,14,16). The van der Waals surface area contributed by atoms with Crippen molar-refractivity contribution in [2.24, 2.45) is 5.92 Å². The summed E-state index contributed by atoms with van der Waals surface area (Å²) in [7, 11) is 1.98. The number of carbonyl (C=O) groups is 1. The van der Waals surface area contributed by atoms with Crippen LogP contribution in [0.3, 0.4) is 0 Å². The molecule has 1 saturated heterocycles. The Morgan fingerprint density at radius 3 is 2.88 bits per heavy atom. The highest BCUT2D eigenvalue weighted by Gasteiger charge is 2.26. The minimum Gasteiger partial charge on any atom is -0.323 e. The van der Waals surface area contributed by atoms with Gasteiger partial charge in [-0.1, -0.05) is 12.1 Å². The first-order chi connectivity index (χ1) is 7.66. The molecule has 4 heteroatoms. The molecular formula is C12H15FN2O. The van der Waals surface area contributed by atoms with Crippen LogP contribution in [-0.2, 0) is 4.79 Å². The number of nitrogens with one attached hydrogen (secondary N) is 1. The molecule has 0 aliphatic carbocycles. The summed E-state index contributed by atoms with van der Waals surface area (Å²) in [4.78, 5) is 13.9. The van der Waals surface area contributed by atoms with Crippen LogP contribution >= 0.6 is 0 Å². The van der Waals surface area contributed by atoms with Gasteiger partial charge in [0.2, 0.25) is 5.91 Å². The lowest BCUT2D eigenvalue weighted by molar-refractivity contribution is -0.119. The van der Waals surface area contributed by atoms with Crippen LogP contribution in [0.1, 0.15) is 6.42 Å². The molecule has 0 radical (unpaired) electrons. The zero-order chi connectivity index (χ0) is 11.5. The molecule has 1 aromatic carbocycles. The number of carbonyl (C=O) groups excluding carboxylic acids is 1. The first-order valence-corrected chi connectivity index (χ1v) is 5.41. The van der Waals surface area contributed by atoms with Gasteiger partial charge >= 0.3 is 0 Å². The molecule has 0 aromatic heterocycles. The van der Waals surface area contributed by atoms with Crippen molar-refractivity contribution in [1.29, 1.82) is 0 Å². The third-order valence-corrected chi connectivity index (χ3v) is 2.89. The zero-order valence-corrected chi connectivity index (χ0v) is 9.24. The molecule has 16 heavy (non-hydrogen) atoms. The first-order valence-electron chi connectivity index (χ1n) is 5.41. The smallest absolute Gasteiger partial charge is 0.228 e. The van der Waals surface area contributed by atoms with E-state index in [1.165, 1.54) is 6.07 Å². The highest BCUT2D eigenvalue weighted by molar-refractivity contribution is 5.92. The van der Waals surface area contributed by atoms with Gasteiger partial charge in [-0.25, -0.2) is 4.39 Å². The maximum atomic E-state index is 13.3. The molecule has 1 aliphatic rings. The number of anilines is 1. The van der Waals surface area contributed by atoms with E-state index in [0.29, 0.717) is 0 Å². The predicted octanol–water partition coefficient (Wildman–Crippen LogP) is 1.72. The van der Waals surface area contributed by atoms with Gasteiger partial charge in [-0.15, -0.1) is 0 Å². The molecule has 1 N–H and O–H groups in total. The van der Waals surface area contributed by atoms with Crippen molar-refractivity contribution < 1.29 is 9.18 Å². The minimum atomic E-state index is -0.387. The Hall–Kier alpha value is -1.42. The zero-order valence-electron chi connectivity index (χ0n) is 9.24. The van der Waals surface area contributed by atoms with Crippen molar-refractivity contribution in [2.75, 3.05) is 25.5 Å². The number of amides is 1. The average Bonchev–Trinajstić information content (AvgIpc) is 2.68. The van der Waals surface area contributed by atoms with E-state index in [0.717, 1.165) is 19.5 Å². The molecule has 1 fully saturated rings. The quantitative estimate of drug-likeness (QED) is 0.826. The van der Waals surface area contributed by atoms with Crippen molar-refractivity contribution in [3.05, 3.63) is 30.1 Å². The molecular weight excluding hydrogens is 207 g/mol. The number of para-hydroxylation sites is 1. The molecule has 1 aromatic rings. The van der Waals surface area contributed by atoms with Gasteiger partial charge in [-0.2, -0.15) is 0 Å². The van der Waals surface area contributed by atoms with Crippen LogP contribution < -0.4 is 5.32 Å². The molecule has 0 bridgehead atoms. The summed E-state index contributed by atoms with van der Waals surface area (Å²) >= 11 is 0. The molecule has 1 atom stereocenters. The van der Waals surface area contributed by atoms with Crippen molar-refractivity contribution >= 4 is 11.6 Å². The number of rotatable bonds is 2. The first kappa shape index (κ1) is 11.1. The second-order valence-corrected chi connectivity index (χ2v) is 4.22. The Bertz CT molecular complexity index is 394. The second-order valence-electron chi connectivity index (χ2n) is 4.22. The topological polar surface area (TPSA) is 32.3 Å². The number of nitrogens with zero attached hydrogens (tertiary/aromatic N) is 1. The Balaban J connectivity index is 2.00. The third-order valence-electron chi connectivity index (χ3n) is 2.89. The Labute approximate surface area is 94.3 Å². The summed E-state index contributed by atoms with van der Waals surface area (Å²) in [5.74, 6) is -0.499. The van der Waals surface area contributed by atoms with E-state index in [2.05, 4.69) is 10.2 Å². The third kappa shape index (κ3) is 2.39. The summed E-state index contributed by atoms with van der Waals surface area (Å²) in [6, 6.07) is 6.23. The van der Waals surface area contributed by atoms with Crippen LogP contribution in [0.15, 0.2) is 24.3 Å². The van der Waals surface area contributed by atoms with Gasteiger partial charge in [0.15, 0.2) is 0 Å². The van der Waals surface area contributed by atoms with Gasteiger partial charge in [-0.3, -0.25) is 4.79 Å². The maximum absolute atomic E-state index is 13.3. The van der Waals surface area contributed by atoms with E-state index in [1.54, 1.807) is 18.2 Å². The van der Waals surface area contributed by atoms with Crippen LogP contribution in [0, 0.1) is 11.7 Å². The predicted molar refractivity (Wildman–Crippen MR) is 60.6 cm³/mol. The minimum absolute atomic E-state index is 0.0235. The van der Waals surface area contributed by atoms with Crippen LogP contribution in [0.5, 0.6) is 0 Å². The summed E-state index contributed by atoms with van der Waals surface area (Å²) in [6.45, 7) is 1.68. The van der Waals surface area contributed by atoms with Crippen molar-refractivity contribution in [2.45, 2.75) is 6.42 Å². The molecule has 1 unspecified atom stereocenters. The lowest BCUT2D eigenvalue weighted by Crippen LogP contribution is -2.25. The number of hydrogen-bond donors (Lipinski definition) is 1. The summed E-state index contributed by atoms with van der Waals surface area (Å²) in [5, 5.41) is 2.63. The van der Waals surface area contributed by atoms with Crippen molar-refractivity contribution in [1.82, 2.24) is 4.90 Å². The summed E-state index contributed by atoms with van der Waals surface area (Å²) in [5.41, 5.74) is 0.266. The van der Waals surface area contributed by atoms with Crippen molar-refractivity contribution in [3.63, 3.8) is 0 Å². The molecule has 1 heterocycles. The van der Waals surface area contributed by atoms with E-state index in [1.807, 2.05) is 7.05 Å². The number of benzene rings is 1. The Morgan fingerprint density at radius 1 is 1.50 bits per heavy atom. The van der Waals surface area contributed by atoms with Gasteiger partial charge in [0.25, 0.3) is 0 Å². The van der Waals surface area contributed by atoms with Gasteiger partial charge in [0, 0.05) is 6.54 Å². The fourth-order valence-electron chi connectivity index (χ4n) is 1.95. The van der Waals surface area contributed by atoms with E-state index in [4.69, 9.17) is 0 Å². The Kier molecular flexibility index (Phi) is 3.19. The van der Waals surface area contributed by atoms with Crippen LogP contribution in [0.2, 0.25) is 0 Å². The van der Waals surface area contributed by atoms with E-state index in [9.17, 15) is 9.18 Å². The molecule has 3 nitrogen and oxygen atoms in total. The van der Waals surface area contributed by atoms with Gasteiger partial charge in [0.1, 0.15) is 5.82 Å². The number of halogens is 1. The fraction of sp³-hybridized carbons (Fsp3) is 0.417. The fourth-order valence-corrected chi connectivity index (χ4v) is 1.95. The van der Waals surface area contributed by atoms with Crippen LogP contribution in [0.4, 0.5) is 10.1 Å². The number of likely N-dealkylation sites (tertiary alicyclic amines) is 1. The Morgan fingerprint density at radius 2 is 2.25 bits per heavy atom. The van der Waals surface area contributed by atoms with Crippen LogP contribution in [0.25, 0.3) is 0 Å². The highest BCUT2D eigenvalue weighted by atomic mass is 19.1. The molecule has 1 aliphatic heterocycles. The second kappa shape index (κ2) is 4.61. The lowest BCUT2D eigenvalue weighted by atomic mass is 10.1. The average molecular weight is 222 g/mol.